The lowest BCUT2D eigenvalue weighted by Gasteiger charge is -2.05. The Morgan fingerprint density at radius 1 is 1.04 bits per heavy atom. The fourth-order valence-electron chi connectivity index (χ4n) is 2.03. The molecule has 23 heavy (non-hydrogen) atoms. The lowest BCUT2D eigenvalue weighted by atomic mass is 10.1. The predicted octanol–water partition coefficient (Wildman–Crippen LogP) is 1.65. The number of esters is 1. The molecule has 0 fully saturated rings. The zero-order valence-electron chi connectivity index (χ0n) is 12.0. The van der Waals surface area contributed by atoms with Crippen LogP contribution in [0.5, 0.6) is 0 Å². The van der Waals surface area contributed by atoms with Crippen molar-refractivity contribution >= 4 is 17.9 Å². The second-order valence-electron chi connectivity index (χ2n) is 4.57. The molecule has 0 unspecified atom stereocenters. The third-order valence-corrected chi connectivity index (χ3v) is 2.98. The molecule has 4 N–H and O–H groups in total. The Hall–Kier alpha value is -3.42. The van der Waals surface area contributed by atoms with E-state index in [-0.39, 0.29) is 30.1 Å². The first-order valence-electron chi connectivity index (χ1n) is 6.69. The summed E-state index contributed by atoms with van der Waals surface area (Å²) >= 11 is 0. The molecule has 116 valence electrons. The molecule has 2 heterocycles. The first-order chi connectivity index (χ1) is 11.1. The van der Waals surface area contributed by atoms with Crippen LogP contribution in [0, 0.1) is 0 Å². The highest BCUT2D eigenvalue weighted by molar-refractivity contribution is 5.94. The molecule has 2 aromatic heterocycles. The summed E-state index contributed by atoms with van der Waals surface area (Å²) in [6, 6.07) is 11.1. The third-order valence-electron chi connectivity index (χ3n) is 2.98. The van der Waals surface area contributed by atoms with Gasteiger partial charge in [0, 0.05) is 5.56 Å². The quantitative estimate of drug-likeness (QED) is 0.695. The van der Waals surface area contributed by atoms with Crippen molar-refractivity contribution in [2.75, 3.05) is 11.5 Å². The summed E-state index contributed by atoms with van der Waals surface area (Å²) in [7, 11) is 0. The zero-order valence-corrected chi connectivity index (χ0v) is 12.0. The summed E-state index contributed by atoms with van der Waals surface area (Å²) in [5.41, 5.74) is 12.4. The number of carbonyl (C=O) groups excluding carboxylic acids is 1. The van der Waals surface area contributed by atoms with Gasteiger partial charge < -0.3 is 20.6 Å². The molecular formula is C15H13N5O3. The molecule has 8 nitrogen and oxygen atoms in total. The highest BCUT2D eigenvalue weighted by Crippen LogP contribution is 2.25. The van der Waals surface area contributed by atoms with Gasteiger partial charge in [0.25, 0.3) is 0 Å². The van der Waals surface area contributed by atoms with E-state index in [1.807, 2.05) is 30.3 Å². The van der Waals surface area contributed by atoms with E-state index in [2.05, 4.69) is 15.0 Å². The Labute approximate surface area is 131 Å². The number of ether oxygens (including phenoxy) is 1. The smallest absolute Gasteiger partial charge is 0.375 e. The molecule has 0 radical (unpaired) electrons. The van der Waals surface area contributed by atoms with Gasteiger partial charge in [-0.1, -0.05) is 30.3 Å². The van der Waals surface area contributed by atoms with Crippen LogP contribution in [0.4, 0.5) is 11.9 Å². The fraction of sp³-hybridized carbons (Fsp3) is 0.0667. The van der Waals surface area contributed by atoms with Gasteiger partial charge in [-0.2, -0.15) is 15.0 Å². The molecule has 0 aliphatic carbocycles. The second-order valence-corrected chi connectivity index (χ2v) is 4.57. The maximum Gasteiger partial charge on any atom is 0.375 e. The van der Waals surface area contributed by atoms with E-state index in [1.165, 1.54) is 6.26 Å². The number of nitrogens with zero attached hydrogens (tertiary/aromatic N) is 3. The van der Waals surface area contributed by atoms with Crippen LogP contribution in [-0.4, -0.2) is 20.9 Å². The molecule has 0 aliphatic heterocycles. The van der Waals surface area contributed by atoms with E-state index in [0.29, 0.717) is 5.56 Å². The van der Waals surface area contributed by atoms with Crippen LogP contribution in [0.15, 0.2) is 47.1 Å². The van der Waals surface area contributed by atoms with E-state index in [1.54, 1.807) is 6.07 Å². The minimum absolute atomic E-state index is 0.0356. The van der Waals surface area contributed by atoms with Crippen LogP contribution in [0.1, 0.15) is 16.4 Å². The standard InChI is InChI=1S/C15H13N5O3/c16-14-18-11(19-15(17)20-14)8-23-13(21)12-10(6-7-22-12)9-4-2-1-3-5-9/h1-7H,8H2,(H4,16,17,18,19,20). The largest absolute Gasteiger partial charge is 0.457 e. The molecule has 0 amide bonds. The first kappa shape index (κ1) is 14.5. The van der Waals surface area contributed by atoms with Gasteiger partial charge in [-0.25, -0.2) is 4.79 Å². The summed E-state index contributed by atoms with van der Waals surface area (Å²) in [6.07, 6.45) is 1.43. The van der Waals surface area contributed by atoms with Gasteiger partial charge in [0.2, 0.25) is 17.7 Å². The molecule has 0 saturated carbocycles. The Morgan fingerprint density at radius 2 is 1.74 bits per heavy atom. The highest BCUT2D eigenvalue weighted by atomic mass is 16.5. The third kappa shape index (κ3) is 3.26. The topological polar surface area (TPSA) is 130 Å². The number of carbonyl (C=O) groups is 1. The number of furan rings is 1. The van der Waals surface area contributed by atoms with Crippen molar-refractivity contribution in [1.82, 2.24) is 15.0 Å². The minimum atomic E-state index is -0.633. The van der Waals surface area contributed by atoms with Gasteiger partial charge in [0.1, 0.15) is 0 Å². The van der Waals surface area contributed by atoms with Gasteiger partial charge in [-0.15, -0.1) is 0 Å². The van der Waals surface area contributed by atoms with Crippen LogP contribution in [0.3, 0.4) is 0 Å². The van der Waals surface area contributed by atoms with E-state index in [0.717, 1.165) is 5.56 Å². The van der Waals surface area contributed by atoms with Crippen LogP contribution in [0.25, 0.3) is 11.1 Å². The Kier molecular flexibility index (Phi) is 3.88. The number of hydrogen-bond donors (Lipinski definition) is 2. The predicted molar refractivity (Wildman–Crippen MR) is 81.9 cm³/mol. The van der Waals surface area contributed by atoms with Crippen LogP contribution in [0.2, 0.25) is 0 Å². The van der Waals surface area contributed by atoms with Gasteiger partial charge >= 0.3 is 5.97 Å². The normalized spacial score (nSPS) is 10.4. The number of anilines is 2. The van der Waals surface area contributed by atoms with Crippen molar-refractivity contribution in [2.45, 2.75) is 6.61 Å². The van der Waals surface area contributed by atoms with E-state index in [4.69, 9.17) is 20.6 Å². The number of nitrogens with two attached hydrogens (primary N) is 2. The van der Waals surface area contributed by atoms with Crippen molar-refractivity contribution in [2.24, 2.45) is 0 Å². The molecule has 3 rings (SSSR count). The molecule has 1 aromatic carbocycles. The number of rotatable bonds is 4. The molecule has 0 aliphatic rings. The van der Waals surface area contributed by atoms with Crippen molar-refractivity contribution in [3.8, 4) is 11.1 Å². The van der Waals surface area contributed by atoms with Crippen molar-refractivity contribution in [3.63, 3.8) is 0 Å². The van der Waals surface area contributed by atoms with Crippen LogP contribution in [-0.2, 0) is 11.3 Å². The number of benzene rings is 1. The monoisotopic (exact) mass is 311 g/mol. The van der Waals surface area contributed by atoms with Gasteiger partial charge in [0.15, 0.2) is 12.4 Å². The van der Waals surface area contributed by atoms with Crippen molar-refractivity contribution in [3.05, 3.63) is 54.2 Å². The van der Waals surface area contributed by atoms with Crippen LogP contribution < -0.4 is 11.5 Å². The van der Waals surface area contributed by atoms with Gasteiger partial charge in [-0.3, -0.25) is 0 Å². The lowest BCUT2D eigenvalue weighted by Crippen LogP contribution is -2.11. The lowest BCUT2D eigenvalue weighted by molar-refractivity contribution is 0.0427. The molecular weight excluding hydrogens is 298 g/mol. The van der Waals surface area contributed by atoms with E-state index < -0.39 is 5.97 Å². The maximum absolute atomic E-state index is 12.2. The van der Waals surface area contributed by atoms with E-state index >= 15 is 0 Å². The summed E-state index contributed by atoms with van der Waals surface area (Å²) in [5, 5.41) is 0. The highest BCUT2D eigenvalue weighted by Gasteiger charge is 2.18. The Morgan fingerprint density at radius 3 is 2.43 bits per heavy atom. The zero-order chi connectivity index (χ0) is 16.2. The fourth-order valence-corrected chi connectivity index (χ4v) is 2.03. The van der Waals surface area contributed by atoms with Crippen LogP contribution >= 0.6 is 0 Å². The van der Waals surface area contributed by atoms with Crippen molar-refractivity contribution in [1.29, 1.82) is 0 Å². The second kappa shape index (κ2) is 6.14. The average molecular weight is 311 g/mol. The summed E-state index contributed by atoms with van der Waals surface area (Å²) in [4.78, 5) is 23.5. The van der Waals surface area contributed by atoms with Gasteiger partial charge in [0.05, 0.1) is 6.26 Å². The molecule has 8 heteroatoms. The molecule has 0 saturated heterocycles. The summed E-state index contributed by atoms with van der Waals surface area (Å²) in [6.45, 7) is -0.190. The number of hydrogen-bond acceptors (Lipinski definition) is 8. The maximum atomic E-state index is 12.2. The SMILES string of the molecule is Nc1nc(N)nc(COC(=O)c2occc2-c2ccccc2)n1. The summed E-state index contributed by atoms with van der Waals surface area (Å²) in [5.74, 6) is -0.438. The number of nitrogen functional groups attached to an aromatic ring is 2. The molecule has 0 spiro atoms. The Bertz CT molecular complexity index is 812. The summed E-state index contributed by atoms with van der Waals surface area (Å²) < 4.78 is 10.4. The Balaban J connectivity index is 1.76. The van der Waals surface area contributed by atoms with E-state index in [9.17, 15) is 4.79 Å². The average Bonchev–Trinajstić information content (AvgIpc) is 3.02. The van der Waals surface area contributed by atoms with Gasteiger partial charge in [-0.05, 0) is 11.6 Å². The van der Waals surface area contributed by atoms with Crippen molar-refractivity contribution < 1.29 is 13.9 Å². The first-order valence-corrected chi connectivity index (χ1v) is 6.69. The minimum Gasteiger partial charge on any atom is -0.457 e. The molecule has 0 bridgehead atoms. The number of aromatic nitrogens is 3. The molecule has 0 atom stereocenters. The molecule has 3 aromatic rings.